The smallest absolute Gasteiger partial charge is 0.407 e. The highest BCUT2D eigenvalue weighted by Crippen LogP contribution is 2.54. The molecule has 1 saturated heterocycles. The Labute approximate surface area is 208 Å². The molecule has 6 heteroatoms. The minimum atomic E-state index is -0.351. The number of alkyl carbamates (subject to hydrolysis) is 1. The molecular weight excluding hydrogens is 440 g/mol. The van der Waals surface area contributed by atoms with E-state index >= 15 is 0 Å². The maximum Gasteiger partial charge on any atom is 0.407 e. The molecular formula is C29H38N2O4. The first-order valence-corrected chi connectivity index (χ1v) is 13.0. The maximum atomic E-state index is 12.7. The summed E-state index contributed by atoms with van der Waals surface area (Å²) in [5.74, 6) is 1.71. The van der Waals surface area contributed by atoms with Crippen LogP contribution in [0, 0.1) is 5.92 Å². The summed E-state index contributed by atoms with van der Waals surface area (Å²) in [5, 5.41) is 3.18. The van der Waals surface area contributed by atoms with E-state index in [4.69, 9.17) is 14.2 Å². The van der Waals surface area contributed by atoms with Crippen LogP contribution < -0.4 is 10.1 Å². The van der Waals surface area contributed by atoms with E-state index in [9.17, 15) is 4.79 Å². The van der Waals surface area contributed by atoms with Gasteiger partial charge in [-0.05, 0) is 74.2 Å². The molecule has 2 aliphatic carbocycles. The third kappa shape index (κ3) is 5.05. The first-order valence-electron chi connectivity index (χ1n) is 13.0. The zero-order valence-electron chi connectivity index (χ0n) is 21.0. The number of piperidine rings is 1. The highest BCUT2D eigenvalue weighted by atomic mass is 16.5. The molecule has 0 bridgehead atoms. The Hall–Kier alpha value is -2.57. The zero-order chi connectivity index (χ0) is 24.3. The van der Waals surface area contributed by atoms with E-state index in [-0.39, 0.29) is 29.8 Å². The van der Waals surface area contributed by atoms with Crippen molar-refractivity contribution in [2.75, 3.05) is 33.9 Å². The molecule has 5 rings (SSSR count). The molecule has 1 aliphatic heterocycles. The summed E-state index contributed by atoms with van der Waals surface area (Å²) < 4.78 is 17.6. The highest BCUT2D eigenvalue weighted by molar-refractivity contribution is 5.67. The van der Waals surface area contributed by atoms with E-state index in [2.05, 4.69) is 28.4 Å². The van der Waals surface area contributed by atoms with Gasteiger partial charge in [-0.25, -0.2) is 4.79 Å². The molecule has 2 aromatic rings. The lowest BCUT2D eigenvalue weighted by Crippen LogP contribution is -2.68. The Bertz CT molecular complexity index is 1010. The van der Waals surface area contributed by atoms with Gasteiger partial charge in [-0.3, -0.25) is 0 Å². The monoisotopic (exact) mass is 478 g/mol. The van der Waals surface area contributed by atoms with Crippen LogP contribution in [0.1, 0.15) is 49.7 Å². The number of rotatable bonds is 8. The third-order valence-electron chi connectivity index (χ3n) is 8.46. The number of methoxy groups -OCH3 is 2. The van der Waals surface area contributed by atoms with E-state index in [0.717, 1.165) is 56.0 Å². The number of fused-ring (bicyclic) bond motifs is 1. The molecule has 3 aliphatic rings. The fourth-order valence-corrected chi connectivity index (χ4v) is 6.39. The molecule has 3 fully saturated rings. The number of ether oxygens (including phenoxy) is 3. The van der Waals surface area contributed by atoms with Crippen molar-refractivity contribution in [2.24, 2.45) is 5.92 Å². The van der Waals surface area contributed by atoms with E-state index in [0.29, 0.717) is 0 Å². The lowest BCUT2D eigenvalue weighted by molar-refractivity contribution is -0.149. The molecule has 3 atom stereocenters. The number of nitrogens with one attached hydrogen (secondary N) is 1. The lowest BCUT2D eigenvalue weighted by Gasteiger charge is -2.60. The molecule has 1 heterocycles. The standard InChI is InChI=1S/C29H38N2O4/c1-33-26-10-6-9-24(17-26)28-15-16-31(19-22-11-12-22)21-29(28,34-2)14-13-25(18-28)30-27(32)35-20-23-7-4-3-5-8-23/h3-10,17,22,25H,11-16,18-21H2,1-2H3,(H,30,32). The first-order chi connectivity index (χ1) is 17.1. The van der Waals surface area contributed by atoms with Crippen LogP contribution in [-0.4, -0.2) is 56.5 Å². The average Bonchev–Trinajstić information content (AvgIpc) is 3.72. The summed E-state index contributed by atoms with van der Waals surface area (Å²) >= 11 is 0. The van der Waals surface area contributed by atoms with Crippen LogP contribution >= 0.6 is 0 Å². The van der Waals surface area contributed by atoms with Gasteiger partial charge in [-0.15, -0.1) is 0 Å². The average molecular weight is 479 g/mol. The third-order valence-corrected chi connectivity index (χ3v) is 8.46. The van der Waals surface area contributed by atoms with Gasteiger partial charge in [-0.2, -0.15) is 0 Å². The maximum absolute atomic E-state index is 12.7. The van der Waals surface area contributed by atoms with Gasteiger partial charge in [0.15, 0.2) is 0 Å². The molecule has 1 N–H and O–H groups in total. The fraction of sp³-hybridized carbons (Fsp3) is 0.552. The number of hydrogen-bond donors (Lipinski definition) is 1. The van der Waals surface area contributed by atoms with Crippen molar-refractivity contribution in [1.29, 1.82) is 0 Å². The first kappa shape index (κ1) is 24.1. The number of likely N-dealkylation sites (tertiary alicyclic amines) is 1. The van der Waals surface area contributed by atoms with E-state index in [1.807, 2.05) is 43.5 Å². The van der Waals surface area contributed by atoms with E-state index < -0.39 is 0 Å². The Kier molecular flexibility index (Phi) is 7.03. The summed E-state index contributed by atoms with van der Waals surface area (Å²) in [4.78, 5) is 15.3. The minimum Gasteiger partial charge on any atom is -0.497 e. The van der Waals surface area contributed by atoms with Gasteiger partial charge in [0.25, 0.3) is 0 Å². The van der Waals surface area contributed by atoms with Gasteiger partial charge >= 0.3 is 6.09 Å². The van der Waals surface area contributed by atoms with Crippen molar-refractivity contribution < 1.29 is 19.0 Å². The van der Waals surface area contributed by atoms with Crippen molar-refractivity contribution in [3.05, 3.63) is 65.7 Å². The molecule has 3 unspecified atom stereocenters. The number of benzene rings is 2. The second-order valence-corrected chi connectivity index (χ2v) is 10.6. The number of hydrogen-bond acceptors (Lipinski definition) is 5. The molecule has 1 amide bonds. The largest absolute Gasteiger partial charge is 0.497 e. The van der Waals surface area contributed by atoms with Gasteiger partial charge in [0.05, 0.1) is 12.7 Å². The fourth-order valence-electron chi connectivity index (χ4n) is 6.39. The van der Waals surface area contributed by atoms with Gasteiger partial charge in [-0.1, -0.05) is 42.5 Å². The minimum absolute atomic E-state index is 0.0303. The van der Waals surface area contributed by atoms with Crippen molar-refractivity contribution in [3.63, 3.8) is 0 Å². The topological polar surface area (TPSA) is 60.0 Å². The van der Waals surface area contributed by atoms with Crippen molar-refractivity contribution in [2.45, 2.75) is 62.2 Å². The summed E-state index contributed by atoms with van der Waals surface area (Å²) in [6, 6.07) is 18.3. The number of nitrogens with zero attached hydrogens (tertiary/aromatic N) is 1. The van der Waals surface area contributed by atoms with Crippen LogP contribution in [0.4, 0.5) is 4.79 Å². The number of carbonyl (C=O) groups is 1. The van der Waals surface area contributed by atoms with Crippen LogP contribution in [0.5, 0.6) is 5.75 Å². The van der Waals surface area contributed by atoms with E-state index in [1.165, 1.54) is 24.9 Å². The van der Waals surface area contributed by atoms with E-state index in [1.54, 1.807) is 7.11 Å². The molecule has 0 spiro atoms. The van der Waals surface area contributed by atoms with Crippen LogP contribution in [0.25, 0.3) is 0 Å². The number of amides is 1. The second kappa shape index (κ2) is 10.2. The van der Waals surface area contributed by atoms with Gasteiger partial charge < -0.3 is 24.4 Å². The molecule has 2 aromatic carbocycles. The molecule has 188 valence electrons. The summed E-state index contributed by atoms with van der Waals surface area (Å²) in [7, 11) is 3.59. The van der Waals surface area contributed by atoms with Gasteiger partial charge in [0, 0.05) is 31.7 Å². The van der Waals surface area contributed by atoms with Crippen LogP contribution in [0.3, 0.4) is 0 Å². The van der Waals surface area contributed by atoms with Crippen molar-refractivity contribution in [3.8, 4) is 5.75 Å². The Morgan fingerprint density at radius 1 is 1.06 bits per heavy atom. The Morgan fingerprint density at radius 3 is 2.63 bits per heavy atom. The Morgan fingerprint density at radius 2 is 1.89 bits per heavy atom. The second-order valence-electron chi connectivity index (χ2n) is 10.6. The van der Waals surface area contributed by atoms with Crippen molar-refractivity contribution in [1.82, 2.24) is 10.2 Å². The Balaban J connectivity index is 1.36. The number of carbonyl (C=O) groups excluding carboxylic acids is 1. The zero-order valence-corrected chi connectivity index (χ0v) is 21.0. The van der Waals surface area contributed by atoms with Crippen LogP contribution in [0.2, 0.25) is 0 Å². The molecule has 0 aromatic heterocycles. The molecule has 2 saturated carbocycles. The molecule has 0 radical (unpaired) electrons. The SMILES string of the molecule is COc1cccc(C23CCN(CC4CC4)CC2(OC)CCC(NC(=O)OCc2ccccc2)C3)c1. The summed E-state index contributed by atoms with van der Waals surface area (Å²) in [5.41, 5.74) is 1.74. The van der Waals surface area contributed by atoms with Crippen LogP contribution in [0.15, 0.2) is 54.6 Å². The van der Waals surface area contributed by atoms with Crippen LogP contribution in [-0.2, 0) is 21.5 Å². The van der Waals surface area contributed by atoms with Crippen molar-refractivity contribution >= 4 is 6.09 Å². The van der Waals surface area contributed by atoms with Gasteiger partial charge in [0.2, 0.25) is 0 Å². The highest BCUT2D eigenvalue weighted by Gasteiger charge is 2.59. The molecule has 35 heavy (non-hydrogen) atoms. The summed E-state index contributed by atoms with van der Waals surface area (Å²) in [6.45, 7) is 3.43. The summed E-state index contributed by atoms with van der Waals surface area (Å²) in [6.07, 6.45) is 5.95. The van der Waals surface area contributed by atoms with Gasteiger partial charge in [0.1, 0.15) is 12.4 Å². The normalized spacial score (nSPS) is 28.7. The predicted octanol–water partition coefficient (Wildman–Crippen LogP) is 4.91. The predicted molar refractivity (Wildman–Crippen MR) is 136 cm³/mol. The quantitative estimate of drug-likeness (QED) is 0.584. The molecule has 6 nitrogen and oxygen atoms in total. The lowest BCUT2D eigenvalue weighted by atomic mass is 9.55.